The van der Waals surface area contributed by atoms with E-state index in [1.165, 1.54) is 37.8 Å². The Hall–Kier alpha value is -3.68. The van der Waals surface area contributed by atoms with Crippen molar-refractivity contribution in [2.45, 2.75) is 57.4 Å². The number of likely N-dealkylation sites (N-methyl/N-ethyl adjacent to an activating group) is 1. The van der Waals surface area contributed by atoms with Gasteiger partial charge in [-0.1, -0.05) is 55.7 Å². The van der Waals surface area contributed by atoms with Gasteiger partial charge in [0.1, 0.15) is 11.9 Å². The average Bonchev–Trinajstić information content (AvgIpc) is 3.34. The van der Waals surface area contributed by atoms with Crippen molar-refractivity contribution in [2.24, 2.45) is 5.41 Å². The van der Waals surface area contributed by atoms with Crippen LogP contribution in [0.1, 0.15) is 66.1 Å². The number of hydrogen-bond donors (Lipinski definition) is 2. The van der Waals surface area contributed by atoms with Gasteiger partial charge in [-0.05, 0) is 48.9 Å². The molecule has 2 amide bonds. The lowest BCUT2D eigenvalue weighted by Gasteiger charge is -2.53. The van der Waals surface area contributed by atoms with Crippen molar-refractivity contribution in [3.05, 3.63) is 71.3 Å². The number of nitrogens with zero attached hydrogens (tertiary/aromatic N) is 4. The first-order chi connectivity index (χ1) is 18.0. The van der Waals surface area contributed by atoms with Crippen LogP contribution >= 0.6 is 0 Å². The normalized spacial score (nSPS) is 20.8. The van der Waals surface area contributed by atoms with Gasteiger partial charge in [0, 0.05) is 43.3 Å². The van der Waals surface area contributed by atoms with E-state index in [2.05, 4.69) is 43.6 Å². The Bertz CT molecular complexity index is 1290. The van der Waals surface area contributed by atoms with Gasteiger partial charge in [0.25, 0.3) is 5.91 Å². The van der Waals surface area contributed by atoms with E-state index in [1.54, 1.807) is 11.9 Å². The molecule has 2 aromatic carbocycles. The molecule has 1 saturated heterocycles. The maximum Gasteiger partial charge on any atom is 0.291 e. The lowest BCUT2D eigenvalue weighted by atomic mass is 9.68. The third-order valence-corrected chi connectivity index (χ3v) is 8.35. The predicted octanol–water partition coefficient (Wildman–Crippen LogP) is 3.87. The molecular weight excluding hydrogens is 464 g/mol. The minimum atomic E-state index is -0.626. The molecule has 192 valence electrons. The fraction of sp³-hybridized carbons (Fsp3) is 0.448. The van der Waals surface area contributed by atoms with Gasteiger partial charge in [-0.2, -0.15) is 0 Å². The van der Waals surface area contributed by atoms with Crippen molar-refractivity contribution in [3.8, 4) is 0 Å². The molecule has 3 heterocycles. The van der Waals surface area contributed by atoms with Gasteiger partial charge in [0.15, 0.2) is 0 Å². The van der Waals surface area contributed by atoms with Gasteiger partial charge >= 0.3 is 0 Å². The molecule has 2 N–H and O–H groups in total. The molecule has 1 atom stereocenters. The smallest absolute Gasteiger partial charge is 0.291 e. The Morgan fingerprint density at radius 2 is 1.89 bits per heavy atom. The molecule has 1 saturated carbocycles. The Kier molecular flexibility index (Phi) is 6.18. The number of aromatic amines is 1. The predicted molar refractivity (Wildman–Crippen MR) is 143 cm³/mol. The Morgan fingerprint density at radius 1 is 1.11 bits per heavy atom. The summed E-state index contributed by atoms with van der Waals surface area (Å²) < 4.78 is 0. The van der Waals surface area contributed by atoms with Crippen LogP contribution in [0.4, 0.5) is 11.4 Å². The number of amides is 2. The van der Waals surface area contributed by atoms with Crippen LogP contribution in [0.25, 0.3) is 0 Å². The topological polar surface area (TPSA) is 94.2 Å². The standard InChI is InChI=1S/C29H34N6O2/c1-34-24-17-22(35-18-29(19-35)14-6-3-7-15-29)12-10-21(24)11-13-23(28(34)37)30-27(36)26-31-25(32-33-26)16-20-8-4-2-5-9-20/h2,4-5,8-10,12,17,23H,3,6-7,11,13-16,18-19H2,1H3,(H,30,36)(H,31,32,33)/t23-/m1/s1. The van der Waals surface area contributed by atoms with E-state index < -0.39 is 11.9 Å². The van der Waals surface area contributed by atoms with Crippen molar-refractivity contribution >= 4 is 23.2 Å². The minimum Gasteiger partial charge on any atom is -0.370 e. The first-order valence-electron chi connectivity index (χ1n) is 13.4. The van der Waals surface area contributed by atoms with Crippen LogP contribution in [0.15, 0.2) is 48.5 Å². The number of benzene rings is 2. The second kappa shape index (κ2) is 9.65. The van der Waals surface area contributed by atoms with Gasteiger partial charge in [0.2, 0.25) is 11.7 Å². The highest BCUT2D eigenvalue weighted by molar-refractivity contribution is 6.02. The number of carbonyl (C=O) groups is 2. The lowest BCUT2D eigenvalue weighted by Crippen LogP contribution is -2.57. The number of anilines is 2. The fourth-order valence-corrected chi connectivity index (χ4v) is 6.23. The quantitative estimate of drug-likeness (QED) is 0.557. The van der Waals surface area contributed by atoms with Crippen molar-refractivity contribution in [1.82, 2.24) is 20.5 Å². The van der Waals surface area contributed by atoms with E-state index in [-0.39, 0.29) is 11.7 Å². The van der Waals surface area contributed by atoms with E-state index in [9.17, 15) is 9.59 Å². The summed E-state index contributed by atoms with van der Waals surface area (Å²) in [4.78, 5) is 34.8. The average molecular weight is 499 g/mol. The first-order valence-corrected chi connectivity index (χ1v) is 13.4. The van der Waals surface area contributed by atoms with Crippen molar-refractivity contribution in [2.75, 3.05) is 29.9 Å². The van der Waals surface area contributed by atoms with Crippen molar-refractivity contribution in [3.63, 3.8) is 0 Å². The lowest BCUT2D eigenvalue weighted by molar-refractivity contribution is -0.120. The third-order valence-electron chi connectivity index (χ3n) is 8.35. The molecule has 1 spiro atoms. The van der Waals surface area contributed by atoms with Crippen LogP contribution in [-0.2, 0) is 17.6 Å². The summed E-state index contributed by atoms with van der Waals surface area (Å²) in [6, 6.07) is 15.8. The molecule has 2 aliphatic heterocycles. The van der Waals surface area contributed by atoms with Crippen LogP contribution < -0.4 is 15.1 Å². The molecule has 0 bridgehead atoms. The molecule has 0 unspecified atom stereocenters. The molecule has 1 aliphatic carbocycles. The summed E-state index contributed by atoms with van der Waals surface area (Å²) in [5.74, 6) is 0.116. The highest BCUT2D eigenvalue weighted by atomic mass is 16.2. The molecule has 3 aromatic rings. The van der Waals surface area contributed by atoms with Gasteiger partial charge < -0.3 is 15.1 Å². The zero-order valence-corrected chi connectivity index (χ0v) is 21.4. The van der Waals surface area contributed by atoms with Crippen LogP contribution in [0, 0.1) is 5.41 Å². The van der Waals surface area contributed by atoms with E-state index in [0.717, 1.165) is 29.9 Å². The summed E-state index contributed by atoms with van der Waals surface area (Å²) in [5.41, 5.74) is 4.84. The number of carbonyl (C=O) groups excluding carboxylic acids is 2. The number of nitrogens with one attached hydrogen (secondary N) is 2. The number of fused-ring (bicyclic) bond motifs is 1. The van der Waals surface area contributed by atoms with Crippen LogP contribution in [0.5, 0.6) is 0 Å². The van der Waals surface area contributed by atoms with Crippen molar-refractivity contribution < 1.29 is 9.59 Å². The van der Waals surface area contributed by atoms with E-state index in [4.69, 9.17) is 0 Å². The molecule has 2 fully saturated rings. The molecule has 0 radical (unpaired) electrons. The molecule has 8 nitrogen and oxygen atoms in total. The summed E-state index contributed by atoms with van der Waals surface area (Å²) in [6.07, 6.45) is 8.57. The number of H-pyrrole nitrogens is 1. The second-order valence-electron chi connectivity index (χ2n) is 11.0. The minimum absolute atomic E-state index is 0.0554. The van der Waals surface area contributed by atoms with Crippen LogP contribution in [-0.4, -0.2) is 53.2 Å². The van der Waals surface area contributed by atoms with E-state index in [0.29, 0.717) is 30.5 Å². The molecule has 6 rings (SSSR count). The van der Waals surface area contributed by atoms with Crippen LogP contribution in [0.3, 0.4) is 0 Å². The second-order valence-corrected chi connectivity index (χ2v) is 11.0. The van der Waals surface area contributed by atoms with E-state index in [1.807, 2.05) is 30.3 Å². The monoisotopic (exact) mass is 498 g/mol. The van der Waals surface area contributed by atoms with Gasteiger partial charge in [-0.15, -0.1) is 5.10 Å². The molecular formula is C29H34N6O2. The van der Waals surface area contributed by atoms with E-state index >= 15 is 0 Å². The third kappa shape index (κ3) is 4.72. The summed E-state index contributed by atoms with van der Waals surface area (Å²) in [6.45, 7) is 2.23. The SMILES string of the molecule is CN1C(=O)[C@H](NC(=O)c2n[nH]c(Cc3ccccc3)n2)CCc2ccc(N3CC4(CCCCC4)C3)cc21. The summed E-state index contributed by atoms with van der Waals surface area (Å²) >= 11 is 0. The fourth-order valence-electron chi connectivity index (χ4n) is 6.23. The zero-order valence-electron chi connectivity index (χ0n) is 21.4. The van der Waals surface area contributed by atoms with Crippen molar-refractivity contribution in [1.29, 1.82) is 0 Å². The maximum atomic E-state index is 13.4. The Labute approximate surface area is 217 Å². The van der Waals surface area contributed by atoms with Gasteiger partial charge in [-0.25, -0.2) is 4.98 Å². The number of aryl methyl sites for hydroxylation is 1. The summed E-state index contributed by atoms with van der Waals surface area (Å²) in [5, 5.41) is 9.82. The molecule has 3 aliphatic rings. The highest BCUT2D eigenvalue weighted by Crippen LogP contribution is 2.46. The molecule has 1 aromatic heterocycles. The van der Waals surface area contributed by atoms with Gasteiger partial charge in [-0.3, -0.25) is 14.7 Å². The first kappa shape index (κ1) is 23.7. The number of hydrogen-bond acceptors (Lipinski definition) is 5. The number of aromatic nitrogens is 3. The van der Waals surface area contributed by atoms with Gasteiger partial charge in [0.05, 0.1) is 0 Å². The number of rotatable bonds is 5. The maximum absolute atomic E-state index is 13.4. The Morgan fingerprint density at radius 3 is 2.68 bits per heavy atom. The molecule has 37 heavy (non-hydrogen) atoms. The largest absolute Gasteiger partial charge is 0.370 e. The van der Waals surface area contributed by atoms with Crippen LogP contribution in [0.2, 0.25) is 0 Å². The Balaban J connectivity index is 1.11. The molecule has 8 heteroatoms. The highest BCUT2D eigenvalue weighted by Gasteiger charge is 2.43. The summed E-state index contributed by atoms with van der Waals surface area (Å²) in [7, 11) is 1.80. The zero-order chi connectivity index (χ0) is 25.4.